The van der Waals surface area contributed by atoms with Crippen LogP contribution in [-0.2, 0) is 13.0 Å². The van der Waals surface area contributed by atoms with Crippen LogP contribution in [0.5, 0.6) is 0 Å². The van der Waals surface area contributed by atoms with E-state index in [-0.39, 0.29) is 5.82 Å². The predicted molar refractivity (Wildman–Crippen MR) is 136 cm³/mol. The lowest BCUT2D eigenvalue weighted by Gasteiger charge is -2.13. The summed E-state index contributed by atoms with van der Waals surface area (Å²) in [5.41, 5.74) is 3.83. The molecular weight excluding hydrogens is 427 g/mol. The maximum absolute atomic E-state index is 14.1. The molecule has 0 aliphatic carbocycles. The normalized spacial score (nSPS) is 11.3. The number of hydrogen-bond acceptors (Lipinski definition) is 5. The highest BCUT2D eigenvalue weighted by Crippen LogP contribution is 2.24. The van der Waals surface area contributed by atoms with Crippen LogP contribution < -0.4 is 10.6 Å². The van der Waals surface area contributed by atoms with E-state index in [0.717, 1.165) is 48.7 Å². The van der Waals surface area contributed by atoms with Gasteiger partial charge in [-0.15, -0.1) is 0 Å². The minimum atomic E-state index is -0.217. The molecule has 0 saturated carbocycles. The summed E-state index contributed by atoms with van der Waals surface area (Å²) < 4.78 is 15.9. The van der Waals surface area contributed by atoms with Gasteiger partial charge in [-0.3, -0.25) is 4.98 Å². The SMILES string of the molecule is CC(C)c1cnn2c(NCc3ccccc3F)cc(NCCCCCCc3cccnc3)nc12. The van der Waals surface area contributed by atoms with Crippen molar-refractivity contribution in [3.05, 3.63) is 83.6 Å². The summed E-state index contributed by atoms with van der Waals surface area (Å²) in [5, 5.41) is 11.4. The number of aromatic nitrogens is 4. The average molecular weight is 461 g/mol. The predicted octanol–water partition coefficient (Wildman–Crippen LogP) is 6.21. The van der Waals surface area contributed by atoms with Crippen molar-refractivity contribution in [1.29, 1.82) is 0 Å². The zero-order valence-electron chi connectivity index (χ0n) is 20.0. The van der Waals surface area contributed by atoms with Gasteiger partial charge in [-0.05, 0) is 42.9 Å². The molecule has 0 spiro atoms. The zero-order chi connectivity index (χ0) is 23.8. The van der Waals surface area contributed by atoms with Gasteiger partial charge >= 0.3 is 0 Å². The Morgan fingerprint density at radius 3 is 2.62 bits per heavy atom. The Morgan fingerprint density at radius 1 is 0.971 bits per heavy atom. The number of aryl methyl sites for hydroxylation is 1. The summed E-state index contributed by atoms with van der Waals surface area (Å²) in [7, 11) is 0. The summed E-state index contributed by atoms with van der Waals surface area (Å²) in [5.74, 6) is 1.69. The van der Waals surface area contributed by atoms with Crippen molar-refractivity contribution in [2.45, 2.75) is 58.4 Å². The third kappa shape index (κ3) is 6.10. The number of fused-ring (bicyclic) bond motifs is 1. The third-order valence-electron chi connectivity index (χ3n) is 5.96. The fourth-order valence-corrected chi connectivity index (χ4v) is 4.00. The molecule has 0 atom stereocenters. The van der Waals surface area contributed by atoms with E-state index in [2.05, 4.69) is 40.6 Å². The lowest BCUT2D eigenvalue weighted by Crippen LogP contribution is -2.10. The molecule has 0 fully saturated rings. The molecule has 2 N–H and O–H groups in total. The van der Waals surface area contributed by atoms with Crippen molar-refractivity contribution in [2.75, 3.05) is 17.2 Å². The van der Waals surface area contributed by atoms with Crippen LogP contribution in [-0.4, -0.2) is 26.1 Å². The molecule has 0 aliphatic rings. The van der Waals surface area contributed by atoms with Gasteiger partial charge in [-0.25, -0.2) is 9.37 Å². The molecule has 34 heavy (non-hydrogen) atoms. The van der Waals surface area contributed by atoms with Crippen LogP contribution in [0.15, 0.2) is 61.1 Å². The van der Waals surface area contributed by atoms with Crippen LogP contribution in [0.2, 0.25) is 0 Å². The highest BCUT2D eigenvalue weighted by Gasteiger charge is 2.14. The van der Waals surface area contributed by atoms with Crippen molar-refractivity contribution < 1.29 is 4.39 Å². The number of pyridine rings is 1. The molecule has 178 valence electrons. The molecule has 0 bridgehead atoms. The van der Waals surface area contributed by atoms with Crippen LogP contribution in [0.1, 0.15) is 62.1 Å². The fourth-order valence-electron chi connectivity index (χ4n) is 4.00. The molecule has 4 rings (SSSR count). The van der Waals surface area contributed by atoms with E-state index in [1.165, 1.54) is 24.5 Å². The first kappa shape index (κ1) is 23.7. The van der Waals surface area contributed by atoms with Gasteiger partial charge in [0.2, 0.25) is 0 Å². The average Bonchev–Trinajstić information content (AvgIpc) is 3.28. The first-order valence-electron chi connectivity index (χ1n) is 12.1. The van der Waals surface area contributed by atoms with Crippen molar-refractivity contribution >= 4 is 17.3 Å². The van der Waals surface area contributed by atoms with Gasteiger partial charge in [-0.1, -0.05) is 51.0 Å². The molecule has 0 saturated heterocycles. The van der Waals surface area contributed by atoms with E-state index in [4.69, 9.17) is 4.98 Å². The minimum Gasteiger partial charge on any atom is -0.370 e. The summed E-state index contributed by atoms with van der Waals surface area (Å²) in [4.78, 5) is 9.01. The molecule has 0 aliphatic heterocycles. The molecule has 4 aromatic rings. The summed E-state index contributed by atoms with van der Waals surface area (Å²) in [6.07, 6.45) is 11.3. The van der Waals surface area contributed by atoms with Gasteiger partial charge < -0.3 is 10.6 Å². The molecule has 1 aromatic carbocycles. The second kappa shape index (κ2) is 11.6. The van der Waals surface area contributed by atoms with E-state index in [0.29, 0.717) is 18.0 Å². The Labute approximate surface area is 200 Å². The fraction of sp³-hybridized carbons (Fsp3) is 0.370. The Balaban J connectivity index is 1.36. The molecule has 0 radical (unpaired) electrons. The minimum absolute atomic E-state index is 0.217. The highest BCUT2D eigenvalue weighted by molar-refractivity contribution is 5.61. The Morgan fingerprint density at radius 2 is 1.82 bits per heavy atom. The topological polar surface area (TPSA) is 67.1 Å². The van der Waals surface area contributed by atoms with Crippen LogP contribution in [0.4, 0.5) is 16.0 Å². The maximum atomic E-state index is 14.1. The van der Waals surface area contributed by atoms with Crippen LogP contribution in [0, 0.1) is 5.82 Å². The largest absolute Gasteiger partial charge is 0.370 e. The number of benzene rings is 1. The number of halogens is 1. The Hall–Kier alpha value is -3.48. The lowest BCUT2D eigenvalue weighted by molar-refractivity contribution is 0.612. The van der Waals surface area contributed by atoms with Crippen LogP contribution in [0.3, 0.4) is 0 Å². The number of anilines is 2. The van der Waals surface area contributed by atoms with Crippen molar-refractivity contribution in [3.8, 4) is 0 Å². The third-order valence-corrected chi connectivity index (χ3v) is 5.96. The summed E-state index contributed by atoms with van der Waals surface area (Å²) in [6.45, 7) is 5.50. The standard InChI is InChI=1S/C27H33FN6/c1-20(2)23-19-32-34-26(31-18-22-12-6-7-13-24(22)28)16-25(33-27(23)34)30-15-8-4-3-5-10-21-11-9-14-29-17-21/h6-7,9,11-14,16-17,19-20,31H,3-5,8,10,15,18H2,1-2H3,(H,30,33). The summed E-state index contributed by atoms with van der Waals surface area (Å²) in [6, 6.07) is 12.9. The van der Waals surface area contributed by atoms with Gasteiger partial charge in [-0.2, -0.15) is 9.61 Å². The van der Waals surface area contributed by atoms with Gasteiger partial charge in [0, 0.05) is 42.7 Å². The van der Waals surface area contributed by atoms with Crippen molar-refractivity contribution in [2.24, 2.45) is 0 Å². The molecule has 3 heterocycles. The molecule has 0 amide bonds. The monoisotopic (exact) mass is 460 g/mol. The Bertz CT molecular complexity index is 1190. The van der Waals surface area contributed by atoms with E-state index in [9.17, 15) is 4.39 Å². The number of rotatable bonds is 12. The molecule has 3 aromatic heterocycles. The molecule has 6 nitrogen and oxygen atoms in total. The first-order chi connectivity index (χ1) is 16.6. The van der Waals surface area contributed by atoms with Gasteiger partial charge in [0.15, 0.2) is 5.65 Å². The van der Waals surface area contributed by atoms with E-state index < -0.39 is 0 Å². The van der Waals surface area contributed by atoms with Crippen LogP contribution in [0.25, 0.3) is 5.65 Å². The van der Waals surface area contributed by atoms with E-state index in [1.54, 1.807) is 16.6 Å². The van der Waals surface area contributed by atoms with Gasteiger partial charge in [0.05, 0.1) is 6.20 Å². The number of unbranched alkanes of at least 4 members (excludes halogenated alkanes) is 3. The quantitative estimate of drug-likeness (QED) is 0.246. The number of hydrogen-bond donors (Lipinski definition) is 2. The molecular formula is C27H33FN6. The van der Waals surface area contributed by atoms with E-state index in [1.807, 2.05) is 36.8 Å². The van der Waals surface area contributed by atoms with E-state index >= 15 is 0 Å². The number of nitrogens with one attached hydrogen (secondary N) is 2. The lowest BCUT2D eigenvalue weighted by atomic mass is 10.1. The first-order valence-corrected chi connectivity index (χ1v) is 12.1. The molecule has 0 unspecified atom stereocenters. The molecule has 7 heteroatoms. The van der Waals surface area contributed by atoms with Crippen molar-refractivity contribution in [1.82, 2.24) is 19.6 Å². The van der Waals surface area contributed by atoms with Gasteiger partial charge in [0.1, 0.15) is 17.5 Å². The Kier molecular flexibility index (Phi) is 8.07. The number of nitrogens with zero attached hydrogens (tertiary/aromatic N) is 4. The smallest absolute Gasteiger partial charge is 0.163 e. The second-order valence-corrected chi connectivity index (χ2v) is 8.91. The highest BCUT2D eigenvalue weighted by atomic mass is 19.1. The van der Waals surface area contributed by atoms with Crippen molar-refractivity contribution in [3.63, 3.8) is 0 Å². The summed E-state index contributed by atoms with van der Waals surface area (Å²) >= 11 is 0. The second-order valence-electron chi connectivity index (χ2n) is 8.91. The van der Waals surface area contributed by atoms with Gasteiger partial charge in [0.25, 0.3) is 0 Å². The zero-order valence-corrected chi connectivity index (χ0v) is 20.0. The maximum Gasteiger partial charge on any atom is 0.163 e. The van der Waals surface area contributed by atoms with Crippen LogP contribution >= 0.6 is 0 Å².